The predicted molar refractivity (Wildman–Crippen MR) is 82.1 cm³/mol. The number of amides is 1. The molecule has 0 saturated carbocycles. The van der Waals surface area contributed by atoms with Gasteiger partial charge in [0.05, 0.1) is 13.2 Å². The van der Waals surface area contributed by atoms with E-state index in [0.717, 1.165) is 30.9 Å². The molecule has 1 amide bonds. The Bertz CT molecular complexity index is 429. The van der Waals surface area contributed by atoms with Crippen molar-refractivity contribution in [3.05, 3.63) is 11.1 Å². The molecule has 1 aliphatic rings. The molecule has 0 radical (unpaired) electrons. The second-order valence-corrected chi connectivity index (χ2v) is 5.75. The van der Waals surface area contributed by atoms with Crippen LogP contribution in [0.25, 0.3) is 0 Å². The SMILES string of the molecule is COCCN1CCCN(Cc2cnc(N)s2)CC1=O.Cl. The van der Waals surface area contributed by atoms with Crippen LogP contribution >= 0.6 is 23.7 Å². The maximum absolute atomic E-state index is 12.1. The number of methoxy groups -OCH3 is 1. The monoisotopic (exact) mass is 320 g/mol. The van der Waals surface area contributed by atoms with E-state index in [1.165, 1.54) is 11.3 Å². The molecule has 0 unspecified atom stereocenters. The molecule has 1 aliphatic heterocycles. The maximum Gasteiger partial charge on any atom is 0.236 e. The first kappa shape index (κ1) is 17.2. The van der Waals surface area contributed by atoms with Crippen LogP contribution in [0.15, 0.2) is 6.20 Å². The number of nitrogen functional groups attached to an aromatic ring is 1. The van der Waals surface area contributed by atoms with E-state index in [2.05, 4.69) is 9.88 Å². The molecule has 20 heavy (non-hydrogen) atoms. The summed E-state index contributed by atoms with van der Waals surface area (Å²) in [5.74, 6) is 0.173. The molecule has 2 rings (SSSR count). The molecule has 8 heteroatoms. The molecule has 0 aliphatic carbocycles. The number of carbonyl (C=O) groups excluding carboxylic acids is 1. The number of nitrogens with zero attached hydrogens (tertiary/aromatic N) is 3. The quantitative estimate of drug-likeness (QED) is 0.870. The lowest BCUT2D eigenvalue weighted by molar-refractivity contribution is -0.131. The molecule has 114 valence electrons. The summed E-state index contributed by atoms with van der Waals surface area (Å²) < 4.78 is 5.03. The summed E-state index contributed by atoms with van der Waals surface area (Å²) in [5, 5.41) is 0.581. The minimum absolute atomic E-state index is 0. The summed E-state index contributed by atoms with van der Waals surface area (Å²) in [4.78, 5) is 21.3. The van der Waals surface area contributed by atoms with Gasteiger partial charge in [-0.2, -0.15) is 0 Å². The van der Waals surface area contributed by atoms with Crippen LogP contribution in [-0.4, -0.2) is 60.6 Å². The van der Waals surface area contributed by atoms with E-state index in [9.17, 15) is 4.79 Å². The van der Waals surface area contributed by atoms with E-state index < -0.39 is 0 Å². The van der Waals surface area contributed by atoms with Gasteiger partial charge in [-0.25, -0.2) is 4.98 Å². The Morgan fingerprint density at radius 1 is 1.50 bits per heavy atom. The van der Waals surface area contributed by atoms with Gasteiger partial charge < -0.3 is 15.4 Å². The van der Waals surface area contributed by atoms with Gasteiger partial charge in [0.25, 0.3) is 0 Å². The number of hydrogen-bond donors (Lipinski definition) is 1. The average molecular weight is 321 g/mol. The number of anilines is 1. The molecule has 1 saturated heterocycles. The highest BCUT2D eigenvalue weighted by Gasteiger charge is 2.21. The Morgan fingerprint density at radius 3 is 2.95 bits per heavy atom. The van der Waals surface area contributed by atoms with Gasteiger partial charge in [-0.15, -0.1) is 23.7 Å². The third kappa shape index (κ3) is 4.90. The third-order valence-corrected chi connectivity index (χ3v) is 3.94. The predicted octanol–water partition coefficient (Wildman–Crippen LogP) is 0.828. The summed E-state index contributed by atoms with van der Waals surface area (Å²) in [6, 6.07) is 0. The zero-order valence-corrected chi connectivity index (χ0v) is 13.2. The van der Waals surface area contributed by atoms with Gasteiger partial charge in [-0.05, 0) is 6.42 Å². The Balaban J connectivity index is 0.00000200. The third-order valence-electron chi connectivity index (χ3n) is 3.13. The molecule has 6 nitrogen and oxygen atoms in total. The first-order chi connectivity index (χ1) is 9.19. The molecular weight excluding hydrogens is 300 g/mol. The van der Waals surface area contributed by atoms with Crippen LogP contribution in [0.4, 0.5) is 5.13 Å². The van der Waals surface area contributed by atoms with Crippen molar-refractivity contribution >= 4 is 34.8 Å². The van der Waals surface area contributed by atoms with Crippen LogP contribution in [0.3, 0.4) is 0 Å². The summed E-state index contributed by atoms with van der Waals surface area (Å²) in [5.41, 5.74) is 5.62. The number of nitrogens with two attached hydrogens (primary N) is 1. The van der Waals surface area contributed by atoms with Gasteiger partial charge in [0.1, 0.15) is 0 Å². The van der Waals surface area contributed by atoms with Gasteiger partial charge in [0.15, 0.2) is 5.13 Å². The molecule has 0 aromatic carbocycles. The minimum Gasteiger partial charge on any atom is -0.383 e. The molecule has 2 heterocycles. The second-order valence-electron chi connectivity index (χ2n) is 4.60. The minimum atomic E-state index is 0. The van der Waals surface area contributed by atoms with E-state index >= 15 is 0 Å². The highest BCUT2D eigenvalue weighted by atomic mass is 35.5. The van der Waals surface area contributed by atoms with Gasteiger partial charge >= 0.3 is 0 Å². The van der Waals surface area contributed by atoms with Crippen LogP contribution in [0.2, 0.25) is 0 Å². The molecule has 2 N–H and O–H groups in total. The zero-order valence-electron chi connectivity index (χ0n) is 11.6. The van der Waals surface area contributed by atoms with Crippen molar-refractivity contribution < 1.29 is 9.53 Å². The molecule has 1 aromatic heterocycles. The van der Waals surface area contributed by atoms with Gasteiger partial charge in [-0.3, -0.25) is 9.69 Å². The number of rotatable bonds is 5. The van der Waals surface area contributed by atoms with Gasteiger partial charge in [-0.1, -0.05) is 0 Å². The number of halogens is 1. The lowest BCUT2D eigenvalue weighted by Gasteiger charge is -2.21. The van der Waals surface area contributed by atoms with Crippen LogP contribution in [0, 0.1) is 0 Å². The van der Waals surface area contributed by atoms with Gasteiger partial charge in [0, 0.05) is 44.4 Å². The van der Waals surface area contributed by atoms with Crippen LogP contribution in [0.1, 0.15) is 11.3 Å². The smallest absolute Gasteiger partial charge is 0.236 e. The Hall–Kier alpha value is -0.890. The average Bonchev–Trinajstić information content (AvgIpc) is 2.69. The van der Waals surface area contributed by atoms with E-state index in [4.69, 9.17) is 10.5 Å². The van der Waals surface area contributed by atoms with Crippen molar-refractivity contribution in [3.8, 4) is 0 Å². The fourth-order valence-electron chi connectivity index (χ4n) is 2.17. The second kappa shape index (κ2) is 8.41. The number of carbonyl (C=O) groups is 1. The first-order valence-electron chi connectivity index (χ1n) is 6.38. The van der Waals surface area contributed by atoms with E-state index in [1.807, 2.05) is 4.90 Å². The van der Waals surface area contributed by atoms with E-state index in [-0.39, 0.29) is 18.3 Å². The Labute approximate surface area is 129 Å². The van der Waals surface area contributed by atoms with Crippen molar-refractivity contribution in [3.63, 3.8) is 0 Å². The van der Waals surface area contributed by atoms with Crippen LogP contribution in [-0.2, 0) is 16.1 Å². The van der Waals surface area contributed by atoms with Crippen molar-refractivity contribution in [1.29, 1.82) is 0 Å². The first-order valence-corrected chi connectivity index (χ1v) is 7.20. The topological polar surface area (TPSA) is 71.7 Å². The van der Waals surface area contributed by atoms with E-state index in [1.54, 1.807) is 13.3 Å². The number of hydrogen-bond acceptors (Lipinski definition) is 6. The fraction of sp³-hybridized carbons (Fsp3) is 0.667. The van der Waals surface area contributed by atoms with Crippen molar-refractivity contribution in [1.82, 2.24) is 14.8 Å². The molecule has 0 bridgehead atoms. The lowest BCUT2D eigenvalue weighted by atomic mass is 10.3. The van der Waals surface area contributed by atoms with Gasteiger partial charge in [0.2, 0.25) is 5.91 Å². The van der Waals surface area contributed by atoms with Crippen molar-refractivity contribution in [2.75, 3.05) is 45.6 Å². The van der Waals surface area contributed by atoms with Crippen LogP contribution in [0.5, 0.6) is 0 Å². The summed E-state index contributed by atoms with van der Waals surface area (Å²) in [6.07, 6.45) is 2.78. The summed E-state index contributed by atoms with van der Waals surface area (Å²) in [7, 11) is 1.66. The fourth-order valence-corrected chi connectivity index (χ4v) is 2.90. The number of thiazole rings is 1. The standard InChI is InChI=1S/C12H20N4O2S.ClH/c1-18-6-5-16-4-2-3-15(9-11(16)17)8-10-7-14-12(13)19-10;/h7H,2-6,8-9H2,1H3,(H2,13,14);1H. The molecule has 0 spiro atoms. The highest BCUT2D eigenvalue weighted by Crippen LogP contribution is 2.17. The normalized spacial score (nSPS) is 16.9. The Morgan fingerprint density at radius 2 is 2.30 bits per heavy atom. The summed E-state index contributed by atoms with van der Waals surface area (Å²) in [6.45, 7) is 4.21. The maximum atomic E-state index is 12.1. The largest absolute Gasteiger partial charge is 0.383 e. The lowest BCUT2D eigenvalue weighted by Crippen LogP contribution is -2.38. The molecule has 0 atom stereocenters. The Kier molecular flexibility index (Phi) is 7.22. The van der Waals surface area contributed by atoms with Crippen LogP contribution < -0.4 is 5.73 Å². The number of ether oxygens (including phenoxy) is 1. The number of aromatic nitrogens is 1. The summed E-state index contributed by atoms with van der Waals surface area (Å²) >= 11 is 1.48. The molecular formula is C12H21ClN4O2S. The molecule has 1 aromatic rings. The molecule has 1 fully saturated rings. The van der Waals surface area contributed by atoms with Crippen molar-refractivity contribution in [2.24, 2.45) is 0 Å². The highest BCUT2D eigenvalue weighted by molar-refractivity contribution is 7.15. The zero-order chi connectivity index (χ0) is 13.7. The van der Waals surface area contributed by atoms with Crippen molar-refractivity contribution in [2.45, 2.75) is 13.0 Å². The van der Waals surface area contributed by atoms with E-state index in [0.29, 0.717) is 24.8 Å².